The van der Waals surface area contributed by atoms with Crippen molar-refractivity contribution in [2.75, 3.05) is 20.3 Å². The van der Waals surface area contributed by atoms with Crippen LogP contribution in [-0.4, -0.2) is 40.6 Å². The number of hydrogen-bond donors (Lipinski definition) is 0. The number of para-hydroxylation sites is 1. The monoisotopic (exact) mass is 455 g/mol. The number of aryl methyl sites for hydroxylation is 2. The molecule has 4 rings (SSSR count). The van der Waals surface area contributed by atoms with Crippen LogP contribution in [0.1, 0.15) is 40.3 Å². The number of rotatable bonds is 7. The number of carbonyl (C=O) groups excluding carboxylic acids is 1. The third-order valence-electron chi connectivity index (χ3n) is 6.07. The lowest BCUT2D eigenvalue weighted by Crippen LogP contribution is -2.39. The SMILES string of the molecule is COCCN(C(=O)c1ccccc1)C(C)c1nc2ccccc2c(=O)n1-c1cc(C)ccc1C. The number of fused-ring (bicyclic) bond motifs is 1. The average Bonchev–Trinajstić information content (AvgIpc) is 2.86. The Kier molecular flexibility index (Phi) is 6.89. The maximum absolute atomic E-state index is 13.8. The summed E-state index contributed by atoms with van der Waals surface area (Å²) in [4.78, 5) is 34.0. The lowest BCUT2D eigenvalue weighted by molar-refractivity contribution is 0.0605. The van der Waals surface area contributed by atoms with Crippen LogP contribution in [0, 0.1) is 13.8 Å². The molecule has 0 bridgehead atoms. The molecule has 0 spiro atoms. The zero-order valence-corrected chi connectivity index (χ0v) is 20.0. The maximum Gasteiger partial charge on any atom is 0.266 e. The van der Waals surface area contributed by atoms with Crippen molar-refractivity contribution in [2.45, 2.75) is 26.8 Å². The van der Waals surface area contributed by atoms with E-state index in [1.54, 1.807) is 34.8 Å². The van der Waals surface area contributed by atoms with E-state index in [4.69, 9.17) is 9.72 Å². The van der Waals surface area contributed by atoms with E-state index < -0.39 is 6.04 Å². The number of aromatic nitrogens is 2. The third-order valence-corrected chi connectivity index (χ3v) is 6.07. The first kappa shape index (κ1) is 23.4. The van der Waals surface area contributed by atoms with Gasteiger partial charge in [0.05, 0.1) is 29.2 Å². The zero-order chi connectivity index (χ0) is 24.2. The largest absolute Gasteiger partial charge is 0.383 e. The second-order valence-corrected chi connectivity index (χ2v) is 8.45. The smallest absolute Gasteiger partial charge is 0.266 e. The molecule has 0 saturated carbocycles. The molecule has 0 aliphatic heterocycles. The third kappa shape index (κ3) is 4.50. The summed E-state index contributed by atoms with van der Waals surface area (Å²) in [5.74, 6) is 0.373. The first-order valence-electron chi connectivity index (χ1n) is 11.4. The van der Waals surface area contributed by atoms with Crippen LogP contribution in [0.4, 0.5) is 0 Å². The van der Waals surface area contributed by atoms with Gasteiger partial charge in [-0.25, -0.2) is 4.98 Å². The summed E-state index contributed by atoms with van der Waals surface area (Å²) in [6.07, 6.45) is 0. The minimum Gasteiger partial charge on any atom is -0.383 e. The summed E-state index contributed by atoms with van der Waals surface area (Å²) in [7, 11) is 1.61. The summed E-state index contributed by atoms with van der Waals surface area (Å²) in [5, 5.41) is 0.539. The number of benzene rings is 3. The van der Waals surface area contributed by atoms with E-state index in [-0.39, 0.29) is 11.5 Å². The van der Waals surface area contributed by atoms with E-state index in [0.29, 0.717) is 35.4 Å². The van der Waals surface area contributed by atoms with Crippen LogP contribution in [0.3, 0.4) is 0 Å². The second-order valence-electron chi connectivity index (χ2n) is 8.45. The molecule has 1 heterocycles. The Morgan fingerprint density at radius 2 is 1.74 bits per heavy atom. The van der Waals surface area contributed by atoms with Crippen LogP contribution >= 0.6 is 0 Å². The van der Waals surface area contributed by atoms with E-state index >= 15 is 0 Å². The van der Waals surface area contributed by atoms with Crippen LogP contribution in [0.2, 0.25) is 0 Å². The molecule has 3 aromatic carbocycles. The van der Waals surface area contributed by atoms with Gasteiger partial charge in [-0.05, 0) is 62.2 Å². The summed E-state index contributed by atoms with van der Waals surface area (Å²) >= 11 is 0. The van der Waals surface area contributed by atoms with E-state index in [1.165, 1.54) is 0 Å². The van der Waals surface area contributed by atoms with Gasteiger partial charge in [-0.1, -0.05) is 42.5 Å². The highest BCUT2D eigenvalue weighted by Crippen LogP contribution is 2.26. The fraction of sp³-hybridized carbons (Fsp3) is 0.250. The van der Waals surface area contributed by atoms with Gasteiger partial charge in [0.25, 0.3) is 11.5 Å². The van der Waals surface area contributed by atoms with Gasteiger partial charge in [-0.15, -0.1) is 0 Å². The number of hydrogen-bond acceptors (Lipinski definition) is 4. The summed E-state index contributed by atoms with van der Waals surface area (Å²) in [5.41, 5.74) is 3.79. The van der Waals surface area contributed by atoms with Crippen molar-refractivity contribution in [3.63, 3.8) is 0 Å². The fourth-order valence-electron chi connectivity index (χ4n) is 4.17. The minimum atomic E-state index is -0.486. The topological polar surface area (TPSA) is 64.4 Å². The van der Waals surface area contributed by atoms with Crippen LogP contribution in [0.15, 0.2) is 77.6 Å². The first-order valence-corrected chi connectivity index (χ1v) is 11.4. The van der Waals surface area contributed by atoms with Crippen LogP contribution in [0.25, 0.3) is 16.6 Å². The van der Waals surface area contributed by atoms with Crippen molar-refractivity contribution < 1.29 is 9.53 Å². The fourth-order valence-corrected chi connectivity index (χ4v) is 4.17. The summed E-state index contributed by atoms with van der Waals surface area (Å²) < 4.78 is 6.97. The molecule has 4 aromatic rings. The van der Waals surface area contributed by atoms with Crippen LogP contribution in [-0.2, 0) is 4.74 Å². The molecule has 1 unspecified atom stereocenters. The molecule has 0 N–H and O–H groups in total. The van der Waals surface area contributed by atoms with Crippen molar-refractivity contribution in [1.82, 2.24) is 14.5 Å². The van der Waals surface area contributed by atoms with Crippen molar-refractivity contribution in [2.24, 2.45) is 0 Å². The van der Waals surface area contributed by atoms with Crippen LogP contribution in [0.5, 0.6) is 0 Å². The van der Waals surface area contributed by atoms with Gasteiger partial charge in [0.1, 0.15) is 5.82 Å². The van der Waals surface area contributed by atoms with Gasteiger partial charge in [-0.2, -0.15) is 0 Å². The quantitative estimate of drug-likeness (QED) is 0.400. The highest BCUT2D eigenvalue weighted by Gasteiger charge is 2.28. The average molecular weight is 456 g/mol. The molecule has 174 valence electrons. The standard InChI is InChI=1S/C28H29N3O3/c1-19-14-15-20(2)25(18-19)31-26(29-24-13-9-8-12-23(24)28(31)33)21(3)30(16-17-34-4)27(32)22-10-6-5-7-11-22/h5-15,18,21H,16-17H2,1-4H3. The molecule has 0 aliphatic carbocycles. The lowest BCUT2D eigenvalue weighted by Gasteiger charge is -2.31. The lowest BCUT2D eigenvalue weighted by atomic mass is 10.1. The maximum atomic E-state index is 13.8. The van der Waals surface area contributed by atoms with Crippen LogP contribution < -0.4 is 5.56 Å². The first-order chi connectivity index (χ1) is 16.4. The Labute approximate surface area is 199 Å². The molecule has 0 aliphatic rings. The molecule has 1 aromatic heterocycles. The molecule has 0 radical (unpaired) electrons. The second kappa shape index (κ2) is 10.0. The molecule has 6 heteroatoms. The molecule has 6 nitrogen and oxygen atoms in total. The van der Waals surface area contributed by atoms with Gasteiger partial charge >= 0.3 is 0 Å². The Balaban J connectivity index is 1.94. The molecule has 0 fully saturated rings. The number of ether oxygens (including phenoxy) is 1. The normalized spacial score (nSPS) is 12.0. The zero-order valence-electron chi connectivity index (χ0n) is 20.0. The molecule has 1 amide bonds. The van der Waals surface area contributed by atoms with Crippen molar-refractivity contribution >= 4 is 16.8 Å². The Hall–Kier alpha value is -3.77. The van der Waals surface area contributed by atoms with Gasteiger partial charge in [0, 0.05) is 19.2 Å². The Morgan fingerprint density at radius 1 is 1.03 bits per heavy atom. The summed E-state index contributed by atoms with van der Waals surface area (Å²) in [6.45, 7) is 6.61. The van der Waals surface area contributed by atoms with E-state index in [1.807, 2.05) is 75.4 Å². The number of nitrogens with zero attached hydrogens (tertiary/aromatic N) is 3. The number of carbonyl (C=O) groups is 1. The summed E-state index contributed by atoms with van der Waals surface area (Å²) in [6, 6.07) is 22.0. The Morgan fingerprint density at radius 3 is 2.47 bits per heavy atom. The predicted molar refractivity (Wildman–Crippen MR) is 135 cm³/mol. The van der Waals surface area contributed by atoms with Gasteiger partial charge in [0.2, 0.25) is 0 Å². The van der Waals surface area contributed by atoms with Gasteiger partial charge < -0.3 is 9.64 Å². The minimum absolute atomic E-state index is 0.139. The van der Waals surface area contributed by atoms with Gasteiger partial charge in [-0.3, -0.25) is 14.2 Å². The van der Waals surface area contributed by atoms with E-state index in [9.17, 15) is 9.59 Å². The number of methoxy groups -OCH3 is 1. The van der Waals surface area contributed by atoms with Crippen molar-refractivity contribution in [3.05, 3.63) is 106 Å². The number of amides is 1. The predicted octanol–water partition coefficient (Wildman–Crippen LogP) is 4.85. The highest BCUT2D eigenvalue weighted by atomic mass is 16.5. The highest BCUT2D eigenvalue weighted by molar-refractivity contribution is 5.94. The molecule has 0 saturated heterocycles. The van der Waals surface area contributed by atoms with Gasteiger partial charge in [0.15, 0.2) is 0 Å². The molecule has 34 heavy (non-hydrogen) atoms. The molecular formula is C28H29N3O3. The molecule has 1 atom stereocenters. The van der Waals surface area contributed by atoms with E-state index in [0.717, 1.165) is 16.8 Å². The van der Waals surface area contributed by atoms with E-state index in [2.05, 4.69) is 0 Å². The van der Waals surface area contributed by atoms with Crippen molar-refractivity contribution in [1.29, 1.82) is 0 Å². The molecular weight excluding hydrogens is 426 g/mol. The Bertz CT molecular complexity index is 1380. The van der Waals surface area contributed by atoms with Crippen molar-refractivity contribution in [3.8, 4) is 5.69 Å².